The van der Waals surface area contributed by atoms with Crippen molar-refractivity contribution >= 4 is 5.78 Å². The van der Waals surface area contributed by atoms with Crippen molar-refractivity contribution in [2.45, 2.75) is 51.0 Å². The van der Waals surface area contributed by atoms with Crippen molar-refractivity contribution in [3.8, 4) is 0 Å². The molecule has 0 spiro atoms. The highest BCUT2D eigenvalue weighted by molar-refractivity contribution is 5.90. The topological polar surface area (TPSA) is 52.3 Å². The lowest BCUT2D eigenvalue weighted by atomic mass is 9.73. The van der Waals surface area contributed by atoms with Gasteiger partial charge in [-0.05, 0) is 31.6 Å². The molecule has 0 radical (unpaired) electrons. The molecule has 2 N–H and O–H groups in total. The summed E-state index contributed by atoms with van der Waals surface area (Å²) in [7, 11) is 0. The molecule has 92 valence electrons. The average Bonchev–Trinajstić information content (AvgIpc) is 2.30. The van der Waals surface area contributed by atoms with E-state index in [2.05, 4.69) is 6.92 Å². The Morgan fingerprint density at radius 1 is 1.19 bits per heavy atom. The van der Waals surface area contributed by atoms with Crippen molar-refractivity contribution in [2.24, 2.45) is 17.6 Å². The number of hydrogen-bond donors (Lipinski definition) is 1. The lowest BCUT2D eigenvalue weighted by Crippen LogP contribution is -2.54. The van der Waals surface area contributed by atoms with Gasteiger partial charge in [0.05, 0.1) is 5.54 Å². The van der Waals surface area contributed by atoms with Crippen molar-refractivity contribution < 1.29 is 9.53 Å². The van der Waals surface area contributed by atoms with Gasteiger partial charge in [-0.2, -0.15) is 0 Å². The fourth-order valence-corrected chi connectivity index (χ4v) is 2.91. The normalized spacial score (nSPS) is 34.6. The first-order chi connectivity index (χ1) is 7.62. The molecule has 0 unspecified atom stereocenters. The molecule has 3 nitrogen and oxygen atoms in total. The molecular weight excluding hydrogens is 202 g/mol. The SMILES string of the molecule is CC1CCC(C(=O)C2(N)CCOCC2)CC1. The number of hydrogen-bond acceptors (Lipinski definition) is 3. The number of ketones is 1. The summed E-state index contributed by atoms with van der Waals surface area (Å²) in [5, 5.41) is 0. The minimum Gasteiger partial charge on any atom is -0.381 e. The van der Waals surface area contributed by atoms with E-state index in [9.17, 15) is 4.79 Å². The fraction of sp³-hybridized carbons (Fsp3) is 0.923. The summed E-state index contributed by atoms with van der Waals surface area (Å²) >= 11 is 0. The van der Waals surface area contributed by atoms with E-state index in [1.807, 2.05) is 0 Å². The maximum atomic E-state index is 12.4. The summed E-state index contributed by atoms with van der Waals surface area (Å²) in [6.45, 7) is 3.56. The van der Waals surface area contributed by atoms with E-state index >= 15 is 0 Å². The van der Waals surface area contributed by atoms with Crippen LogP contribution in [-0.4, -0.2) is 24.5 Å². The van der Waals surface area contributed by atoms with Gasteiger partial charge in [0.2, 0.25) is 0 Å². The second-order valence-corrected chi connectivity index (χ2v) is 5.59. The molecule has 1 aliphatic carbocycles. The van der Waals surface area contributed by atoms with Crippen LogP contribution in [0.3, 0.4) is 0 Å². The van der Waals surface area contributed by atoms with Gasteiger partial charge in [-0.1, -0.05) is 19.8 Å². The highest BCUT2D eigenvalue weighted by Gasteiger charge is 2.40. The van der Waals surface area contributed by atoms with Crippen LogP contribution >= 0.6 is 0 Å². The van der Waals surface area contributed by atoms with Gasteiger partial charge in [-0.3, -0.25) is 4.79 Å². The first-order valence-corrected chi connectivity index (χ1v) is 6.53. The second kappa shape index (κ2) is 4.84. The Morgan fingerprint density at radius 3 is 2.31 bits per heavy atom. The van der Waals surface area contributed by atoms with Crippen LogP contribution in [0, 0.1) is 11.8 Å². The van der Waals surface area contributed by atoms with E-state index in [-0.39, 0.29) is 5.92 Å². The van der Waals surface area contributed by atoms with Gasteiger partial charge in [0, 0.05) is 19.1 Å². The third kappa shape index (κ3) is 2.46. The zero-order valence-corrected chi connectivity index (χ0v) is 10.2. The average molecular weight is 225 g/mol. The van der Waals surface area contributed by atoms with Gasteiger partial charge in [-0.15, -0.1) is 0 Å². The van der Waals surface area contributed by atoms with Crippen molar-refractivity contribution in [2.75, 3.05) is 13.2 Å². The van der Waals surface area contributed by atoms with E-state index in [0.29, 0.717) is 31.8 Å². The first kappa shape index (κ1) is 12.1. The minimum absolute atomic E-state index is 0.222. The summed E-state index contributed by atoms with van der Waals surface area (Å²) in [4.78, 5) is 12.4. The molecule has 0 amide bonds. The Bertz CT molecular complexity index is 251. The van der Waals surface area contributed by atoms with E-state index in [1.165, 1.54) is 12.8 Å². The molecule has 3 heteroatoms. The highest BCUT2D eigenvalue weighted by atomic mass is 16.5. The van der Waals surface area contributed by atoms with Crippen LogP contribution in [-0.2, 0) is 9.53 Å². The van der Waals surface area contributed by atoms with Gasteiger partial charge >= 0.3 is 0 Å². The number of nitrogens with two attached hydrogens (primary N) is 1. The van der Waals surface area contributed by atoms with E-state index in [0.717, 1.165) is 18.8 Å². The third-order valence-corrected chi connectivity index (χ3v) is 4.26. The van der Waals surface area contributed by atoms with Crippen LogP contribution in [0.4, 0.5) is 0 Å². The van der Waals surface area contributed by atoms with Crippen LogP contribution in [0.15, 0.2) is 0 Å². The van der Waals surface area contributed by atoms with Crippen molar-refractivity contribution in [1.29, 1.82) is 0 Å². The second-order valence-electron chi connectivity index (χ2n) is 5.59. The monoisotopic (exact) mass is 225 g/mol. The molecule has 2 aliphatic rings. The van der Waals surface area contributed by atoms with Gasteiger partial charge in [0.25, 0.3) is 0 Å². The number of ether oxygens (including phenoxy) is 1. The third-order valence-electron chi connectivity index (χ3n) is 4.26. The van der Waals surface area contributed by atoms with Crippen LogP contribution in [0.1, 0.15) is 45.4 Å². The minimum atomic E-state index is -0.580. The Balaban J connectivity index is 1.95. The molecule has 0 aromatic rings. The lowest BCUT2D eigenvalue weighted by Gasteiger charge is -2.36. The summed E-state index contributed by atoms with van der Waals surface area (Å²) in [6.07, 6.45) is 5.86. The molecule has 0 aromatic heterocycles. The number of rotatable bonds is 2. The first-order valence-electron chi connectivity index (χ1n) is 6.53. The smallest absolute Gasteiger partial charge is 0.155 e. The zero-order valence-electron chi connectivity index (χ0n) is 10.2. The molecule has 0 bridgehead atoms. The highest BCUT2D eigenvalue weighted by Crippen LogP contribution is 2.33. The van der Waals surface area contributed by atoms with Gasteiger partial charge < -0.3 is 10.5 Å². The molecule has 1 saturated heterocycles. The quantitative estimate of drug-likeness (QED) is 0.780. The molecule has 0 aromatic carbocycles. The molecule has 16 heavy (non-hydrogen) atoms. The molecule has 2 fully saturated rings. The predicted molar refractivity (Wildman–Crippen MR) is 63.1 cm³/mol. The lowest BCUT2D eigenvalue weighted by molar-refractivity contribution is -0.132. The van der Waals surface area contributed by atoms with E-state index in [4.69, 9.17) is 10.5 Å². The van der Waals surface area contributed by atoms with E-state index < -0.39 is 5.54 Å². The standard InChI is InChI=1S/C13H23NO2/c1-10-2-4-11(5-3-10)12(15)13(14)6-8-16-9-7-13/h10-11H,2-9,14H2,1H3. The maximum Gasteiger partial charge on any atom is 0.155 e. The van der Waals surface area contributed by atoms with Gasteiger partial charge in [-0.25, -0.2) is 0 Å². The molecule has 1 heterocycles. The Labute approximate surface area is 97.7 Å². The number of carbonyl (C=O) groups is 1. The zero-order chi connectivity index (χ0) is 11.6. The van der Waals surface area contributed by atoms with Gasteiger partial charge in [0.15, 0.2) is 5.78 Å². The molecular formula is C13H23NO2. The van der Waals surface area contributed by atoms with Crippen molar-refractivity contribution in [3.63, 3.8) is 0 Å². The Morgan fingerprint density at radius 2 is 1.75 bits per heavy atom. The van der Waals surface area contributed by atoms with Crippen LogP contribution < -0.4 is 5.73 Å². The summed E-state index contributed by atoms with van der Waals surface area (Å²) < 4.78 is 5.29. The fourth-order valence-electron chi connectivity index (χ4n) is 2.91. The van der Waals surface area contributed by atoms with Crippen LogP contribution in [0.25, 0.3) is 0 Å². The van der Waals surface area contributed by atoms with Crippen LogP contribution in [0.5, 0.6) is 0 Å². The molecule has 2 rings (SSSR count). The summed E-state index contributed by atoms with van der Waals surface area (Å²) in [6, 6.07) is 0. The van der Waals surface area contributed by atoms with E-state index in [1.54, 1.807) is 0 Å². The molecule has 1 saturated carbocycles. The Kier molecular flexibility index (Phi) is 3.65. The van der Waals surface area contributed by atoms with Crippen molar-refractivity contribution in [3.05, 3.63) is 0 Å². The number of carbonyl (C=O) groups excluding carboxylic acids is 1. The maximum absolute atomic E-state index is 12.4. The summed E-state index contributed by atoms with van der Waals surface area (Å²) in [5.41, 5.74) is 5.66. The largest absolute Gasteiger partial charge is 0.381 e. The van der Waals surface area contributed by atoms with Crippen LogP contribution in [0.2, 0.25) is 0 Å². The predicted octanol–water partition coefficient (Wildman–Crippen LogP) is 1.89. The van der Waals surface area contributed by atoms with Crippen molar-refractivity contribution in [1.82, 2.24) is 0 Å². The van der Waals surface area contributed by atoms with Gasteiger partial charge in [0.1, 0.15) is 0 Å². The molecule has 0 atom stereocenters. The molecule has 1 aliphatic heterocycles. The Hall–Kier alpha value is -0.410. The number of Topliss-reactive ketones (excluding diaryl/α,β-unsaturated/α-hetero) is 1. The summed E-state index contributed by atoms with van der Waals surface area (Å²) in [5.74, 6) is 1.31.